The molecule has 0 amide bonds. The molecule has 1 aromatic heterocycles. The molecule has 0 unspecified atom stereocenters. The summed E-state index contributed by atoms with van der Waals surface area (Å²) in [5, 5.41) is 4.33. The van der Waals surface area contributed by atoms with Gasteiger partial charge in [-0.3, -0.25) is 0 Å². The Balaban J connectivity index is 1.84. The minimum absolute atomic E-state index is 0.487. The highest BCUT2D eigenvalue weighted by Crippen LogP contribution is 2.35. The number of nitrogen functional groups attached to an aromatic ring is 1. The van der Waals surface area contributed by atoms with Crippen molar-refractivity contribution in [1.82, 2.24) is 4.37 Å². The maximum absolute atomic E-state index is 5.76. The van der Waals surface area contributed by atoms with E-state index in [1.54, 1.807) is 5.57 Å². The van der Waals surface area contributed by atoms with E-state index < -0.39 is 0 Å². The Labute approximate surface area is 112 Å². The lowest BCUT2D eigenvalue weighted by atomic mass is 9.97. The van der Waals surface area contributed by atoms with E-state index in [4.69, 9.17) is 10.5 Å². The molecular formula is C13H21N3OS. The average molecular weight is 267 g/mol. The summed E-state index contributed by atoms with van der Waals surface area (Å²) in [5.41, 5.74) is 7.34. The zero-order valence-corrected chi connectivity index (χ0v) is 11.7. The van der Waals surface area contributed by atoms with Crippen molar-refractivity contribution in [3.63, 3.8) is 0 Å². The van der Waals surface area contributed by atoms with E-state index in [9.17, 15) is 0 Å². The predicted molar refractivity (Wildman–Crippen MR) is 77.4 cm³/mol. The second kappa shape index (κ2) is 6.64. The summed E-state index contributed by atoms with van der Waals surface area (Å²) >= 11 is 1.37. The summed E-state index contributed by atoms with van der Waals surface area (Å²) in [7, 11) is 0. The number of rotatable bonds is 6. The van der Waals surface area contributed by atoms with Crippen molar-refractivity contribution in [3.8, 4) is 5.75 Å². The lowest BCUT2D eigenvalue weighted by Crippen LogP contribution is -2.05. The molecular weight excluding hydrogens is 246 g/mol. The molecule has 5 heteroatoms. The standard InChI is InChI=1S/C13H21N3OS/c1-2-17-11-12(14)16-18-13(11)15-9-8-10-6-4-3-5-7-10/h6,15H,2-5,7-9H2,1H3,(H2,14,16). The van der Waals surface area contributed by atoms with Crippen LogP contribution in [0, 0.1) is 0 Å². The molecule has 1 aliphatic rings. The van der Waals surface area contributed by atoms with Gasteiger partial charge in [-0.25, -0.2) is 0 Å². The van der Waals surface area contributed by atoms with Gasteiger partial charge in [-0.2, -0.15) is 4.37 Å². The fraction of sp³-hybridized carbons (Fsp3) is 0.615. The Bertz CT molecular complexity index is 414. The molecule has 1 aliphatic carbocycles. The molecule has 3 N–H and O–H groups in total. The second-order valence-electron chi connectivity index (χ2n) is 4.44. The van der Waals surface area contributed by atoms with Gasteiger partial charge in [0, 0.05) is 6.54 Å². The van der Waals surface area contributed by atoms with Gasteiger partial charge in [-0.1, -0.05) is 11.6 Å². The summed E-state index contributed by atoms with van der Waals surface area (Å²) in [6.45, 7) is 3.49. The molecule has 0 radical (unpaired) electrons. The van der Waals surface area contributed by atoms with Crippen LogP contribution in [0.3, 0.4) is 0 Å². The lowest BCUT2D eigenvalue weighted by molar-refractivity contribution is 0.344. The molecule has 100 valence electrons. The van der Waals surface area contributed by atoms with Gasteiger partial charge < -0.3 is 15.8 Å². The van der Waals surface area contributed by atoms with E-state index in [1.807, 2.05) is 6.92 Å². The average Bonchev–Trinajstić information content (AvgIpc) is 2.73. The third-order valence-corrected chi connectivity index (χ3v) is 3.88. The summed E-state index contributed by atoms with van der Waals surface area (Å²) in [6.07, 6.45) is 8.66. The van der Waals surface area contributed by atoms with E-state index in [1.165, 1.54) is 37.2 Å². The van der Waals surface area contributed by atoms with E-state index in [-0.39, 0.29) is 0 Å². The van der Waals surface area contributed by atoms with Crippen molar-refractivity contribution in [2.24, 2.45) is 0 Å². The van der Waals surface area contributed by atoms with Crippen LogP contribution in [-0.2, 0) is 0 Å². The largest absolute Gasteiger partial charge is 0.487 e. The van der Waals surface area contributed by atoms with Crippen LogP contribution < -0.4 is 15.8 Å². The Morgan fingerprint density at radius 3 is 3.11 bits per heavy atom. The Hall–Kier alpha value is -1.23. The summed E-state index contributed by atoms with van der Waals surface area (Å²) in [6, 6.07) is 0. The van der Waals surface area contributed by atoms with E-state index >= 15 is 0 Å². The Kier molecular flexibility index (Phi) is 4.87. The van der Waals surface area contributed by atoms with Gasteiger partial charge in [0.05, 0.1) is 6.61 Å². The summed E-state index contributed by atoms with van der Waals surface area (Å²) < 4.78 is 9.61. The zero-order valence-electron chi connectivity index (χ0n) is 10.9. The number of nitrogens with zero attached hydrogens (tertiary/aromatic N) is 1. The highest BCUT2D eigenvalue weighted by Gasteiger charge is 2.12. The van der Waals surface area contributed by atoms with Crippen LogP contribution in [0.2, 0.25) is 0 Å². The summed E-state index contributed by atoms with van der Waals surface area (Å²) in [5.74, 6) is 1.20. The molecule has 0 spiro atoms. The third-order valence-electron chi connectivity index (χ3n) is 3.08. The van der Waals surface area contributed by atoms with Crippen molar-refractivity contribution >= 4 is 22.4 Å². The number of allylic oxidation sites excluding steroid dienone is 1. The lowest BCUT2D eigenvalue weighted by Gasteiger charge is -2.13. The SMILES string of the molecule is CCOc1c(N)nsc1NCCC1=CCCCC1. The van der Waals surface area contributed by atoms with Gasteiger partial charge >= 0.3 is 0 Å². The molecule has 4 nitrogen and oxygen atoms in total. The van der Waals surface area contributed by atoms with E-state index in [2.05, 4.69) is 15.8 Å². The number of anilines is 2. The fourth-order valence-electron chi connectivity index (χ4n) is 2.16. The van der Waals surface area contributed by atoms with Gasteiger partial charge in [0.1, 0.15) is 0 Å². The number of aromatic nitrogens is 1. The van der Waals surface area contributed by atoms with Crippen LogP contribution in [0.1, 0.15) is 39.0 Å². The van der Waals surface area contributed by atoms with Crippen molar-refractivity contribution < 1.29 is 4.74 Å². The number of hydrogen-bond acceptors (Lipinski definition) is 5. The van der Waals surface area contributed by atoms with Gasteiger partial charge in [-0.15, -0.1) is 0 Å². The number of nitrogens with one attached hydrogen (secondary N) is 1. The van der Waals surface area contributed by atoms with Crippen molar-refractivity contribution in [1.29, 1.82) is 0 Å². The molecule has 0 fully saturated rings. The van der Waals surface area contributed by atoms with E-state index in [0.717, 1.165) is 18.0 Å². The van der Waals surface area contributed by atoms with Gasteiger partial charge in [0.25, 0.3) is 0 Å². The first-order chi connectivity index (χ1) is 8.81. The molecule has 1 aromatic rings. The zero-order chi connectivity index (χ0) is 12.8. The maximum Gasteiger partial charge on any atom is 0.197 e. The van der Waals surface area contributed by atoms with Crippen LogP contribution in [0.5, 0.6) is 5.75 Å². The third kappa shape index (κ3) is 3.38. The van der Waals surface area contributed by atoms with Gasteiger partial charge in [0.2, 0.25) is 0 Å². The number of hydrogen-bond donors (Lipinski definition) is 2. The smallest absolute Gasteiger partial charge is 0.197 e. The molecule has 2 rings (SSSR count). The molecule has 18 heavy (non-hydrogen) atoms. The first-order valence-electron chi connectivity index (χ1n) is 6.61. The molecule has 0 saturated carbocycles. The van der Waals surface area contributed by atoms with Crippen molar-refractivity contribution in [2.75, 3.05) is 24.2 Å². The predicted octanol–water partition coefficient (Wildman–Crippen LogP) is 3.43. The molecule has 0 bridgehead atoms. The highest BCUT2D eigenvalue weighted by molar-refractivity contribution is 7.11. The van der Waals surface area contributed by atoms with E-state index in [0.29, 0.717) is 18.2 Å². The molecule has 0 aliphatic heterocycles. The van der Waals surface area contributed by atoms with Gasteiger partial charge in [0.15, 0.2) is 16.6 Å². The topological polar surface area (TPSA) is 60.2 Å². The first-order valence-corrected chi connectivity index (χ1v) is 7.38. The monoisotopic (exact) mass is 267 g/mol. The second-order valence-corrected chi connectivity index (χ2v) is 5.22. The quantitative estimate of drug-likeness (QED) is 0.775. The van der Waals surface area contributed by atoms with Crippen LogP contribution in [0.25, 0.3) is 0 Å². The van der Waals surface area contributed by atoms with Gasteiger partial charge in [-0.05, 0) is 50.6 Å². The van der Waals surface area contributed by atoms with Crippen LogP contribution in [-0.4, -0.2) is 17.5 Å². The Morgan fingerprint density at radius 2 is 2.39 bits per heavy atom. The highest BCUT2D eigenvalue weighted by atomic mass is 32.1. The van der Waals surface area contributed by atoms with Crippen LogP contribution in [0.15, 0.2) is 11.6 Å². The summed E-state index contributed by atoms with van der Waals surface area (Å²) in [4.78, 5) is 0. The molecule has 1 heterocycles. The number of nitrogens with two attached hydrogens (primary N) is 1. The van der Waals surface area contributed by atoms with Crippen molar-refractivity contribution in [3.05, 3.63) is 11.6 Å². The van der Waals surface area contributed by atoms with Crippen LogP contribution >= 0.6 is 11.5 Å². The minimum Gasteiger partial charge on any atom is -0.487 e. The molecule has 0 atom stereocenters. The molecule has 0 saturated heterocycles. The first kappa shape index (κ1) is 13.2. The minimum atomic E-state index is 0.487. The fourth-order valence-corrected chi connectivity index (χ4v) is 2.84. The number of ether oxygens (including phenoxy) is 1. The Morgan fingerprint density at radius 1 is 1.50 bits per heavy atom. The molecule has 0 aromatic carbocycles. The van der Waals surface area contributed by atoms with Crippen LogP contribution in [0.4, 0.5) is 10.8 Å². The maximum atomic E-state index is 5.76. The normalized spacial score (nSPS) is 15.3. The van der Waals surface area contributed by atoms with Crippen molar-refractivity contribution in [2.45, 2.75) is 39.0 Å².